The first kappa shape index (κ1) is 27.3. The van der Waals surface area contributed by atoms with Crippen LogP contribution in [0.1, 0.15) is 116 Å². The van der Waals surface area contributed by atoms with Gasteiger partial charge in [0.15, 0.2) is 0 Å². The largest absolute Gasteiger partial charge is 0.492 e. The van der Waals surface area contributed by atoms with Crippen LogP contribution in [-0.2, 0) is 13.1 Å². The quantitative estimate of drug-likeness (QED) is 0.137. The Morgan fingerprint density at radius 3 is 1.60 bits per heavy atom. The Morgan fingerprint density at radius 2 is 1.13 bits per heavy atom. The minimum Gasteiger partial charge on any atom is -0.390 e. The molecule has 0 saturated heterocycles. The Bertz CT molecular complexity index is 503. The SMILES string of the molecule is CCCCCCCCCCCCCCCCCCn1cc[n+](CCC[Si](O)(O)O)c1. The van der Waals surface area contributed by atoms with Crippen LogP contribution in [0.3, 0.4) is 0 Å². The average Bonchev–Trinajstić information content (AvgIpc) is 3.14. The molecule has 0 fully saturated rings. The number of hydrogen-bond donors (Lipinski definition) is 3. The van der Waals surface area contributed by atoms with E-state index in [1.807, 2.05) is 10.8 Å². The van der Waals surface area contributed by atoms with E-state index in [1.54, 1.807) is 0 Å². The highest BCUT2D eigenvalue weighted by Gasteiger charge is 2.26. The van der Waals surface area contributed by atoms with Crippen LogP contribution in [0.5, 0.6) is 0 Å². The molecule has 1 aromatic heterocycles. The van der Waals surface area contributed by atoms with Gasteiger partial charge in [-0.15, -0.1) is 0 Å². The summed E-state index contributed by atoms with van der Waals surface area (Å²) in [5.74, 6) is 0. The Balaban J connectivity index is 1.83. The molecule has 1 rings (SSSR count). The first-order valence-corrected chi connectivity index (χ1v) is 14.8. The molecule has 1 aromatic rings. The highest BCUT2D eigenvalue weighted by Crippen LogP contribution is 2.13. The van der Waals surface area contributed by atoms with E-state index in [0.717, 1.165) is 6.54 Å². The fourth-order valence-electron chi connectivity index (χ4n) is 4.04. The van der Waals surface area contributed by atoms with Crippen LogP contribution < -0.4 is 4.57 Å². The second-order valence-electron chi connectivity index (χ2n) is 9.07. The molecular formula is C24H49N2O3Si+. The molecule has 5 nitrogen and oxygen atoms in total. The highest BCUT2D eigenvalue weighted by molar-refractivity contribution is 6.56. The maximum absolute atomic E-state index is 9.05. The molecule has 0 aliphatic rings. The van der Waals surface area contributed by atoms with Crippen LogP contribution in [0.4, 0.5) is 0 Å². The molecule has 0 aliphatic heterocycles. The van der Waals surface area contributed by atoms with Crippen LogP contribution in [0.15, 0.2) is 18.7 Å². The van der Waals surface area contributed by atoms with Crippen molar-refractivity contribution in [3.05, 3.63) is 18.7 Å². The predicted molar refractivity (Wildman–Crippen MR) is 126 cm³/mol. The monoisotopic (exact) mass is 441 g/mol. The third-order valence-corrected chi connectivity index (χ3v) is 6.97. The van der Waals surface area contributed by atoms with E-state index in [1.165, 1.54) is 103 Å². The third-order valence-electron chi connectivity index (χ3n) is 5.94. The summed E-state index contributed by atoms with van der Waals surface area (Å²) in [7, 11) is -3.88. The third kappa shape index (κ3) is 17.0. The molecule has 0 spiro atoms. The van der Waals surface area contributed by atoms with Crippen molar-refractivity contribution in [2.45, 2.75) is 135 Å². The molecule has 0 bridgehead atoms. The highest BCUT2D eigenvalue weighted by atomic mass is 28.4. The number of rotatable bonds is 21. The molecule has 30 heavy (non-hydrogen) atoms. The summed E-state index contributed by atoms with van der Waals surface area (Å²) in [5.41, 5.74) is 0. The van der Waals surface area contributed by atoms with Gasteiger partial charge in [-0.2, -0.15) is 0 Å². The maximum atomic E-state index is 9.05. The van der Waals surface area contributed by atoms with E-state index in [-0.39, 0.29) is 6.04 Å². The molecule has 0 amide bonds. The van der Waals surface area contributed by atoms with Crippen molar-refractivity contribution < 1.29 is 19.0 Å². The van der Waals surface area contributed by atoms with Gasteiger partial charge in [-0.3, -0.25) is 0 Å². The summed E-state index contributed by atoms with van der Waals surface area (Å²) in [6, 6.07) is 0.101. The standard InChI is InChI=1S/C24H49N2O3Si/c1-2-3-4-5-6-7-8-9-10-11-12-13-14-15-16-17-19-25-21-22-26(24-25)20-18-23-30(27,28)29/h21-22,24,27-29H,2-20,23H2,1H3/q+1. The Morgan fingerprint density at radius 1 is 0.667 bits per heavy atom. The first-order valence-electron chi connectivity index (χ1n) is 12.7. The zero-order valence-corrected chi connectivity index (χ0v) is 20.6. The van der Waals surface area contributed by atoms with Crippen LogP contribution in [-0.4, -0.2) is 27.8 Å². The van der Waals surface area contributed by atoms with E-state index in [9.17, 15) is 0 Å². The van der Waals surface area contributed by atoms with Crippen LogP contribution in [0, 0.1) is 0 Å². The van der Waals surface area contributed by atoms with Gasteiger partial charge in [0.1, 0.15) is 12.4 Å². The predicted octanol–water partition coefficient (Wildman–Crippen LogP) is 5.34. The second-order valence-corrected chi connectivity index (χ2v) is 11.1. The van der Waals surface area contributed by atoms with Gasteiger partial charge in [0.2, 0.25) is 6.33 Å². The number of imidazole rings is 1. The van der Waals surface area contributed by atoms with Crippen molar-refractivity contribution in [3.63, 3.8) is 0 Å². The summed E-state index contributed by atoms with van der Waals surface area (Å²) in [6.45, 7) is 4.04. The minimum atomic E-state index is -3.88. The smallest absolute Gasteiger partial charge is 0.390 e. The fourth-order valence-corrected chi connectivity index (χ4v) is 4.68. The normalized spacial score (nSPS) is 12.0. The average molecular weight is 442 g/mol. The lowest BCUT2D eigenvalue weighted by molar-refractivity contribution is -0.696. The van der Waals surface area contributed by atoms with Crippen molar-refractivity contribution in [3.8, 4) is 0 Å². The molecule has 6 heteroatoms. The van der Waals surface area contributed by atoms with Crippen molar-refractivity contribution in [1.82, 2.24) is 4.57 Å². The van der Waals surface area contributed by atoms with Gasteiger partial charge in [0.05, 0.1) is 13.1 Å². The Hall–Kier alpha value is -0.693. The first-order chi connectivity index (χ1) is 14.5. The van der Waals surface area contributed by atoms with Gasteiger partial charge < -0.3 is 14.4 Å². The van der Waals surface area contributed by atoms with E-state index in [2.05, 4.69) is 24.0 Å². The summed E-state index contributed by atoms with van der Waals surface area (Å²) >= 11 is 0. The summed E-state index contributed by atoms with van der Waals surface area (Å²) < 4.78 is 4.25. The number of aromatic nitrogens is 2. The van der Waals surface area contributed by atoms with Crippen molar-refractivity contribution in [2.24, 2.45) is 0 Å². The number of hydrogen-bond acceptors (Lipinski definition) is 3. The summed E-state index contributed by atoms with van der Waals surface area (Å²) in [6.07, 6.45) is 29.1. The van der Waals surface area contributed by atoms with E-state index in [0.29, 0.717) is 13.0 Å². The number of nitrogens with zero attached hydrogens (tertiary/aromatic N) is 2. The van der Waals surface area contributed by atoms with Crippen molar-refractivity contribution in [1.29, 1.82) is 0 Å². The van der Waals surface area contributed by atoms with Crippen LogP contribution in [0.2, 0.25) is 6.04 Å². The topological polar surface area (TPSA) is 69.5 Å². The summed E-state index contributed by atoms with van der Waals surface area (Å²) in [5, 5.41) is 0. The molecule has 0 atom stereocenters. The van der Waals surface area contributed by atoms with Gasteiger partial charge in [0.25, 0.3) is 0 Å². The number of aryl methyl sites for hydroxylation is 2. The lowest BCUT2D eigenvalue weighted by atomic mass is 10.0. The molecule has 0 radical (unpaired) electrons. The van der Waals surface area contributed by atoms with E-state index < -0.39 is 8.80 Å². The molecule has 0 aliphatic carbocycles. The van der Waals surface area contributed by atoms with E-state index in [4.69, 9.17) is 14.4 Å². The van der Waals surface area contributed by atoms with Gasteiger partial charge >= 0.3 is 8.80 Å². The fraction of sp³-hybridized carbons (Fsp3) is 0.875. The second kappa shape index (κ2) is 17.9. The summed E-state index contributed by atoms with van der Waals surface area (Å²) in [4.78, 5) is 27.1. The maximum Gasteiger partial charge on any atom is 0.492 e. The van der Waals surface area contributed by atoms with Crippen molar-refractivity contribution in [2.75, 3.05) is 0 Å². The molecule has 1 heterocycles. The van der Waals surface area contributed by atoms with Gasteiger partial charge in [-0.05, 0) is 19.3 Å². The van der Waals surface area contributed by atoms with Gasteiger partial charge in [0, 0.05) is 6.04 Å². The molecule has 0 unspecified atom stereocenters. The van der Waals surface area contributed by atoms with Gasteiger partial charge in [-0.1, -0.05) is 96.8 Å². The zero-order chi connectivity index (χ0) is 21.9. The van der Waals surface area contributed by atoms with E-state index >= 15 is 0 Å². The molecule has 176 valence electrons. The molecule has 0 saturated carbocycles. The molecular weight excluding hydrogens is 392 g/mol. The molecule has 0 aromatic carbocycles. The lowest BCUT2D eigenvalue weighted by Crippen LogP contribution is -2.37. The van der Waals surface area contributed by atoms with Crippen LogP contribution in [0.25, 0.3) is 0 Å². The van der Waals surface area contributed by atoms with Crippen LogP contribution >= 0.6 is 0 Å². The zero-order valence-electron chi connectivity index (χ0n) is 19.6. The Labute approximate surface area is 186 Å². The lowest BCUT2D eigenvalue weighted by Gasteiger charge is -2.06. The van der Waals surface area contributed by atoms with Crippen molar-refractivity contribution >= 4 is 8.80 Å². The Kier molecular flexibility index (Phi) is 16.3. The molecule has 3 N–H and O–H groups in total. The van der Waals surface area contributed by atoms with Gasteiger partial charge in [-0.25, -0.2) is 9.13 Å². The minimum absolute atomic E-state index is 0.101. The number of unbranched alkanes of at least 4 members (excludes halogenated alkanes) is 15.